The topological polar surface area (TPSA) is 73.8 Å². The Morgan fingerprint density at radius 1 is 1.18 bits per heavy atom. The Morgan fingerprint density at radius 2 is 1.86 bits per heavy atom. The van der Waals surface area contributed by atoms with E-state index in [0.717, 1.165) is 43.8 Å². The molecule has 2 rings (SSSR count). The highest BCUT2D eigenvalue weighted by molar-refractivity contribution is 7.88. The molecule has 0 bridgehead atoms. The second-order valence-corrected chi connectivity index (χ2v) is 7.24. The molecule has 0 unspecified atom stereocenters. The van der Waals surface area contributed by atoms with Crippen LogP contribution < -0.4 is 10.0 Å². The number of hydrogen-bond acceptors (Lipinski definition) is 3. The summed E-state index contributed by atoms with van der Waals surface area (Å²) in [5.41, 5.74) is 0.989. The zero-order valence-corrected chi connectivity index (χ0v) is 13.8. The zero-order valence-electron chi connectivity index (χ0n) is 13.0. The molecule has 7 heteroatoms. The summed E-state index contributed by atoms with van der Waals surface area (Å²) in [5, 5.41) is 3.35. The van der Waals surface area contributed by atoms with Gasteiger partial charge in [0.15, 0.2) is 5.96 Å². The summed E-state index contributed by atoms with van der Waals surface area (Å²) >= 11 is 0. The van der Waals surface area contributed by atoms with Crippen LogP contribution in [0.5, 0.6) is 0 Å². The number of aliphatic imine (C=N–C) groups is 1. The van der Waals surface area contributed by atoms with Crippen molar-refractivity contribution in [3.8, 4) is 0 Å². The molecule has 1 saturated heterocycles. The molecule has 0 atom stereocenters. The maximum Gasteiger partial charge on any atom is 0.208 e. The first-order chi connectivity index (χ1) is 10.5. The number of benzene rings is 1. The lowest BCUT2D eigenvalue weighted by molar-refractivity contribution is 0.340. The summed E-state index contributed by atoms with van der Waals surface area (Å²) in [6.45, 7) is 2.70. The van der Waals surface area contributed by atoms with Gasteiger partial charge in [-0.05, 0) is 31.4 Å². The van der Waals surface area contributed by atoms with Gasteiger partial charge in [-0.25, -0.2) is 13.1 Å². The van der Waals surface area contributed by atoms with E-state index in [0.29, 0.717) is 13.1 Å². The Labute approximate surface area is 132 Å². The SMILES string of the molecule is CS(=O)(=O)NCCN=C(Nc1ccccc1)N1CCCCC1. The molecule has 0 amide bonds. The van der Waals surface area contributed by atoms with Gasteiger partial charge in [0.25, 0.3) is 0 Å². The fraction of sp³-hybridized carbons (Fsp3) is 0.533. The molecule has 1 aliphatic rings. The number of nitrogens with one attached hydrogen (secondary N) is 2. The van der Waals surface area contributed by atoms with Crippen LogP contribution in [-0.2, 0) is 10.0 Å². The maximum atomic E-state index is 11.1. The Hall–Kier alpha value is -1.60. The Kier molecular flexibility index (Phi) is 6.21. The van der Waals surface area contributed by atoms with Crippen molar-refractivity contribution in [2.45, 2.75) is 19.3 Å². The molecule has 122 valence electrons. The number of anilines is 1. The molecule has 2 N–H and O–H groups in total. The quantitative estimate of drug-likeness (QED) is 0.489. The molecule has 22 heavy (non-hydrogen) atoms. The van der Waals surface area contributed by atoms with Gasteiger partial charge in [-0.3, -0.25) is 4.99 Å². The van der Waals surface area contributed by atoms with E-state index in [-0.39, 0.29) is 0 Å². The van der Waals surface area contributed by atoms with Gasteiger partial charge < -0.3 is 10.2 Å². The van der Waals surface area contributed by atoms with Crippen molar-refractivity contribution >= 4 is 21.7 Å². The van der Waals surface area contributed by atoms with Crippen LogP contribution in [0.2, 0.25) is 0 Å². The molecule has 1 aliphatic heterocycles. The smallest absolute Gasteiger partial charge is 0.208 e. The van der Waals surface area contributed by atoms with Crippen molar-refractivity contribution in [2.75, 3.05) is 37.8 Å². The summed E-state index contributed by atoms with van der Waals surface area (Å²) in [7, 11) is -3.16. The van der Waals surface area contributed by atoms with E-state index in [4.69, 9.17) is 0 Å². The number of hydrogen-bond donors (Lipinski definition) is 2. The number of guanidine groups is 1. The average Bonchev–Trinajstić information content (AvgIpc) is 2.51. The first-order valence-corrected chi connectivity index (χ1v) is 9.50. The molecule has 0 spiro atoms. The van der Waals surface area contributed by atoms with E-state index in [1.165, 1.54) is 6.42 Å². The van der Waals surface area contributed by atoms with E-state index in [2.05, 4.69) is 19.9 Å². The van der Waals surface area contributed by atoms with Crippen LogP contribution in [-0.4, -0.2) is 51.7 Å². The number of piperidine rings is 1. The van der Waals surface area contributed by atoms with Crippen LogP contribution in [0, 0.1) is 0 Å². The summed E-state index contributed by atoms with van der Waals surface area (Å²) in [6.07, 6.45) is 4.74. The van der Waals surface area contributed by atoms with Crippen LogP contribution in [0.15, 0.2) is 35.3 Å². The largest absolute Gasteiger partial charge is 0.343 e. The summed E-state index contributed by atoms with van der Waals surface area (Å²) in [4.78, 5) is 6.78. The highest BCUT2D eigenvalue weighted by Crippen LogP contribution is 2.12. The number of likely N-dealkylation sites (tertiary alicyclic amines) is 1. The van der Waals surface area contributed by atoms with Crippen molar-refractivity contribution < 1.29 is 8.42 Å². The fourth-order valence-electron chi connectivity index (χ4n) is 2.37. The minimum Gasteiger partial charge on any atom is -0.343 e. The van der Waals surface area contributed by atoms with Gasteiger partial charge >= 0.3 is 0 Å². The molecular formula is C15H24N4O2S. The predicted octanol–water partition coefficient (Wildman–Crippen LogP) is 1.49. The highest BCUT2D eigenvalue weighted by atomic mass is 32.2. The average molecular weight is 324 g/mol. The molecule has 1 aromatic carbocycles. The monoisotopic (exact) mass is 324 g/mol. The lowest BCUT2D eigenvalue weighted by Crippen LogP contribution is -2.40. The van der Waals surface area contributed by atoms with E-state index in [9.17, 15) is 8.42 Å². The third-order valence-corrected chi connectivity index (χ3v) is 4.15. The summed E-state index contributed by atoms with van der Waals surface area (Å²) < 4.78 is 24.6. The molecule has 1 aromatic rings. The molecule has 6 nitrogen and oxygen atoms in total. The van der Waals surface area contributed by atoms with Gasteiger partial charge in [-0.15, -0.1) is 0 Å². The number of nitrogens with zero attached hydrogens (tertiary/aromatic N) is 2. The number of sulfonamides is 1. The fourth-order valence-corrected chi connectivity index (χ4v) is 2.83. The van der Waals surface area contributed by atoms with Gasteiger partial charge in [0.05, 0.1) is 12.8 Å². The second-order valence-electron chi connectivity index (χ2n) is 5.41. The normalized spacial score (nSPS) is 16.6. The minimum atomic E-state index is -3.16. The standard InChI is InChI=1S/C15H24N4O2S/c1-22(20,21)17-11-10-16-15(19-12-6-3-7-13-19)18-14-8-4-2-5-9-14/h2,4-5,8-9,17H,3,6-7,10-13H2,1H3,(H,16,18). The van der Waals surface area contributed by atoms with Gasteiger partial charge in [-0.2, -0.15) is 0 Å². The summed E-state index contributed by atoms with van der Waals surface area (Å²) in [5.74, 6) is 0.821. The van der Waals surface area contributed by atoms with Crippen LogP contribution in [0.25, 0.3) is 0 Å². The molecule has 1 fully saturated rings. The van der Waals surface area contributed by atoms with Crippen molar-refractivity contribution in [1.29, 1.82) is 0 Å². The zero-order chi connectivity index (χ0) is 15.8. The maximum absolute atomic E-state index is 11.1. The Bertz CT molecular complexity index is 581. The first kappa shape index (κ1) is 16.8. The van der Waals surface area contributed by atoms with E-state index in [1.807, 2.05) is 30.3 Å². The van der Waals surface area contributed by atoms with Gasteiger partial charge in [0, 0.05) is 25.3 Å². The van der Waals surface area contributed by atoms with Gasteiger partial charge in [-0.1, -0.05) is 18.2 Å². The van der Waals surface area contributed by atoms with Crippen LogP contribution in [0.3, 0.4) is 0 Å². The van der Waals surface area contributed by atoms with Crippen molar-refractivity contribution in [1.82, 2.24) is 9.62 Å². The highest BCUT2D eigenvalue weighted by Gasteiger charge is 2.14. The van der Waals surface area contributed by atoms with Crippen LogP contribution in [0.1, 0.15) is 19.3 Å². The van der Waals surface area contributed by atoms with E-state index in [1.54, 1.807) is 0 Å². The third kappa shape index (κ3) is 6.03. The molecular weight excluding hydrogens is 300 g/mol. The molecule has 0 aliphatic carbocycles. The summed E-state index contributed by atoms with van der Waals surface area (Å²) in [6, 6.07) is 9.91. The van der Waals surface area contributed by atoms with Crippen molar-refractivity contribution in [3.05, 3.63) is 30.3 Å². The van der Waals surface area contributed by atoms with Crippen LogP contribution in [0.4, 0.5) is 5.69 Å². The van der Waals surface area contributed by atoms with Crippen molar-refractivity contribution in [3.63, 3.8) is 0 Å². The number of para-hydroxylation sites is 1. The van der Waals surface area contributed by atoms with Gasteiger partial charge in [0.2, 0.25) is 10.0 Å². The second kappa shape index (κ2) is 8.14. The van der Waals surface area contributed by atoms with Crippen molar-refractivity contribution in [2.24, 2.45) is 4.99 Å². The minimum absolute atomic E-state index is 0.312. The lowest BCUT2D eigenvalue weighted by Gasteiger charge is -2.30. The molecule has 1 heterocycles. The Morgan fingerprint density at radius 3 is 2.50 bits per heavy atom. The predicted molar refractivity (Wildman–Crippen MR) is 90.6 cm³/mol. The number of rotatable bonds is 5. The van der Waals surface area contributed by atoms with Gasteiger partial charge in [0.1, 0.15) is 0 Å². The first-order valence-electron chi connectivity index (χ1n) is 7.61. The van der Waals surface area contributed by atoms with E-state index >= 15 is 0 Å². The molecule has 0 radical (unpaired) electrons. The lowest BCUT2D eigenvalue weighted by atomic mass is 10.1. The molecule has 0 aromatic heterocycles. The Balaban J connectivity index is 2.00. The van der Waals surface area contributed by atoms with Crippen LogP contribution >= 0.6 is 0 Å². The van der Waals surface area contributed by atoms with E-state index < -0.39 is 10.0 Å². The molecule has 0 saturated carbocycles. The third-order valence-electron chi connectivity index (χ3n) is 3.42.